The molecule has 0 aliphatic carbocycles. The molecule has 1 saturated heterocycles. The molecule has 5 heteroatoms. The van der Waals surface area contributed by atoms with E-state index in [1.165, 1.54) is 5.56 Å². The molecule has 3 rings (SSSR count). The standard InChI is InChI=1S/C13H14N4O/c1-8(14)15-13-6-11(16-17-13)9-4-2-3-5-10(9)12-7-18-12/h2-6,12H,7H2,1H3,(H3,14,15,16,17). The van der Waals surface area contributed by atoms with Gasteiger partial charge >= 0.3 is 0 Å². The molecule has 1 atom stereocenters. The Labute approximate surface area is 105 Å². The summed E-state index contributed by atoms with van der Waals surface area (Å²) < 4.78 is 5.34. The highest BCUT2D eigenvalue weighted by Gasteiger charge is 2.27. The molecular formula is C13H14N4O. The molecule has 3 N–H and O–H groups in total. The van der Waals surface area contributed by atoms with Gasteiger partial charge in [0.2, 0.25) is 0 Å². The van der Waals surface area contributed by atoms with Gasteiger partial charge in [0.1, 0.15) is 11.9 Å². The first-order valence-electron chi connectivity index (χ1n) is 5.82. The predicted molar refractivity (Wildman–Crippen MR) is 69.7 cm³/mol. The van der Waals surface area contributed by atoms with Crippen LogP contribution in [0.15, 0.2) is 30.3 Å². The molecule has 0 bridgehead atoms. The van der Waals surface area contributed by atoms with Crippen molar-refractivity contribution in [3.63, 3.8) is 0 Å². The van der Waals surface area contributed by atoms with E-state index in [4.69, 9.17) is 10.1 Å². The zero-order valence-electron chi connectivity index (χ0n) is 10.0. The van der Waals surface area contributed by atoms with Crippen molar-refractivity contribution < 1.29 is 4.74 Å². The van der Waals surface area contributed by atoms with E-state index in [0.717, 1.165) is 23.7 Å². The molecule has 0 radical (unpaired) electrons. The van der Waals surface area contributed by atoms with Gasteiger partial charge in [0.05, 0.1) is 18.1 Å². The maximum absolute atomic E-state index is 7.39. The molecular weight excluding hydrogens is 228 g/mol. The highest BCUT2D eigenvalue weighted by atomic mass is 16.6. The van der Waals surface area contributed by atoms with Crippen LogP contribution in [-0.2, 0) is 4.74 Å². The van der Waals surface area contributed by atoms with Crippen LogP contribution in [0.2, 0.25) is 0 Å². The maximum Gasteiger partial charge on any atom is 0.127 e. The van der Waals surface area contributed by atoms with Crippen molar-refractivity contribution in [2.45, 2.75) is 13.0 Å². The first kappa shape index (κ1) is 11.0. The maximum atomic E-state index is 7.39. The molecule has 0 saturated carbocycles. The number of epoxide rings is 1. The van der Waals surface area contributed by atoms with Crippen LogP contribution in [0.5, 0.6) is 0 Å². The van der Waals surface area contributed by atoms with Gasteiger partial charge in [-0.2, -0.15) is 5.10 Å². The Hall–Kier alpha value is -2.14. The normalized spacial score (nSPS) is 17.5. The number of rotatable bonds is 3. The third kappa shape index (κ3) is 2.12. The second-order valence-corrected chi connectivity index (χ2v) is 4.33. The van der Waals surface area contributed by atoms with Gasteiger partial charge < -0.3 is 10.1 Å². The zero-order valence-corrected chi connectivity index (χ0v) is 10.0. The molecule has 1 unspecified atom stereocenters. The molecule has 1 aromatic heterocycles. The zero-order chi connectivity index (χ0) is 12.5. The highest BCUT2D eigenvalue weighted by Crippen LogP contribution is 2.36. The molecule has 0 spiro atoms. The van der Waals surface area contributed by atoms with Gasteiger partial charge in [-0.05, 0) is 12.5 Å². The van der Waals surface area contributed by atoms with E-state index in [1.807, 2.05) is 24.3 Å². The van der Waals surface area contributed by atoms with E-state index in [9.17, 15) is 0 Å². The number of benzene rings is 1. The van der Waals surface area contributed by atoms with Crippen molar-refractivity contribution in [1.29, 1.82) is 5.41 Å². The summed E-state index contributed by atoms with van der Waals surface area (Å²) in [6.45, 7) is 2.47. The number of nitrogens with zero attached hydrogens (tertiary/aromatic N) is 1. The third-order valence-corrected chi connectivity index (χ3v) is 2.82. The summed E-state index contributed by atoms with van der Waals surface area (Å²) in [5, 5.41) is 17.4. The highest BCUT2D eigenvalue weighted by molar-refractivity contribution is 5.90. The fourth-order valence-electron chi connectivity index (χ4n) is 1.96. The van der Waals surface area contributed by atoms with E-state index in [2.05, 4.69) is 21.6 Å². The number of hydrogen-bond acceptors (Lipinski definition) is 3. The van der Waals surface area contributed by atoms with Crippen LogP contribution in [0.25, 0.3) is 11.3 Å². The topological polar surface area (TPSA) is 77.1 Å². The van der Waals surface area contributed by atoms with Crippen LogP contribution in [0.3, 0.4) is 0 Å². The van der Waals surface area contributed by atoms with Gasteiger partial charge in [0.25, 0.3) is 0 Å². The molecule has 1 aliphatic rings. The van der Waals surface area contributed by atoms with E-state index >= 15 is 0 Å². The quantitative estimate of drug-likeness (QED) is 0.440. The molecule has 18 heavy (non-hydrogen) atoms. The lowest BCUT2D eigenvalue weighted by molar-refractivity contribution is 0.416. The molecule has 2 heterocycles. The van der Waals surface area contributed by atoms with Crippen LogP contribution in [0, 0.1) is 5.41 Å². The first-order chi connectivity index (χ1) is 8.74. The Morgan fingerprint density at radius 2 is 2.28 bits per heavy atom. The minimum atomic E-state index is 0.207. The number of hydrogen-bond donors (Lipinski definition) is 3. The van der Waals surface area contributed by atoms with E-state index in [-0.39, 0.29) is 6.10 Å². The lowest BCUT2D eigenvalue weighted by atomic mass is 10.0. The summed E-state index contributed by atoms with van der Waals surface area (Å²) >= 11 is 0. The summed E-state index contributed by atoms with van der Waals surface area (Å²) in [5.74, 6) is 1.10. The third-order valence-electron chi connectivity index (χ3n) is 2.82. The van der Waals surface area contributed by atoms with E-state index in [0.29, 0.717) is 5.84 Å². The van der Waals surface area contributed by atoms with E-state index in [1.54, 1.807) is 6.92 Å². The number of amidine groups is 1. The van der Waals surface area contributed by atoms with Crippen LogP contribution in [0.4, 0.5) is 5.82 Å². The van der Waals surface area contributed by atoms with Gasteiger partial charge in [-0.1, -0.05) is 24.3 Å². The van der Waals surface area contributed by atoms with Crippen LogP contribution < -0.4 is 5.32 Å². The summed E-state index contributed by atoms with van der Waals surface area (Å²) in [7, 11) is 0. The Morgan fingerprint density at radius 1 is 1.50 bits per heavy atom. The molecule has 92 valence electrons. The molecule has 1 aliphatic heterocycles. The van der Waals surface area contributed by atoms with Crippen molar-refractivity contribution in [2.24, 2.45) is 0 Å². The number of anilines is 1. The van der Waals surface area contributed by atoms with Gasteiger partial charge in [-0.25, -0.2) is 0 Å². The Balaban J connectivity index is 1.94. The second kappa shape index (κ2) is 4.27. The largest absolute Gasteiger partial charge is 0.368 e. The molecule has 0 amide bonds. The van der Waals surface area contributed by atoms with Crippen molar-refractivity contribution in [3.8, 4) is 11.3 Å². The lowest BCUT2D eigenvalue weighted by Crippen LogP contribution is -2.04. The molecule has 2 aromatic rings. The van der Waals surface area contributed by atoms with Crippen molar-refractivity contribution in [3.05, 3.63) is 35.9 Å². The summed E-state index contributed by atoms with van der Waals surface area (Å²) in [4.78, 5) is 0. The number of aromatic nitrogens is 2. The summed E-state index contributed by atoms with van der Waals surface area (Å²) in [6.07, 6.45) is 0.207. The van der Waals surface area contributed by atoms with Gasteiger partial charge in [-0.15, -0.1) is 0 Å². The summed E-state index contributed by atoms with van der Waals surface area (Å²) in [5.41, 5.74) is 3.11. The SMILES string of the molecule is CC(=N)Nc1cc(-c2ccccc2C2CO2)n[nH]1. The van der Waals surface area contributed by atoms with Crippen LogP contribution >= 0.6 is 0 Å². The average molecular weight is 242 g/mol. The van der Waals surface area contributed by atoms with E-state index < -0.39 is 0 Å². The van der Waals surface area contributed by atoms with Crippen molar-refractivity contribution in [1.82, 2.24) is 10.2 Å². The minimum absolute atomic E-state index is 0.207. The average Bonchev–Trinajstić information content (AvgIpc) is 3.10. The second-order valence-electron chi connectivity index (χ2n) is 4.33. The van der Waals surface area contributed by atoms with Crippen molar-refractivity contribution in [2.75, 3.05) is 11.9 Å². The predicted octanol–water partition coefficient (Wildman–Crippen LogP) is 2.56. The monoisotopic (exact) mass is 242 g/mol. The lowest BCUT2D eigenvalue weighted by Gasteiger charge is -2.03. The van der Waals surface area contributed by atoms with Gasteiger partial charge in [0, 0.05) is 11.6 Å². The smallest absolute Gasteiger partial charge is 0.127 e. The number of aromatic amines is 1. The van der Waals surface area contributed by atoms with Crippen molar-refractivity contribution >= 4 is 11.7 Å². The van der Waals surface area contributed by atoms with Gasteiger partial charge in [-0.3, -0.25) is 10.5 Å². The molecule has 5 nitrogen and oxygen atoms in total. The first-order valence-corrected chi connectivity index (χ1v) is 5.82. The van der Waals surface area contributed by atoms with Crippen LogP contribution in [0.1, 0.15) is 18.6 Å². The minimum Gasteiger partial charge on any atom is -0.368 e. The number of nitrogens with one attached hydrogen (secondary N) is 3. The molecule has 1 aromatic carbocycles. The van der Waals surface area contributed by atoms with Crippen LogP contribution in [-0.4, -0.2) is 22.6 Å². The Bertz CT molecular complexity index is 586. The Kier molecular flexibility index (Phi) is 2.60. The fourth-order valence-corrected chi connectivity index (χ4v) is 1.96. The summed E-state index contributed by atoms with van der Waals surface area (Å²) in [6, 6.07) is 10.0. The number of ether oxygens (including phenoxy) is 1. The fraction of sp³-hybridized carbons (Fsp3) is 0.231. The number of H-pyrrole nitrogens is 1. The molecule has 1 fully saturated rings. The van der Waals surface area contributed by atoms with Gasteiger partial charge in [0.15, 0.2) is 0 Å². The Morgan fingerprint density at radius 3 is 3.00 bits per heavy atom.